The number of nitrogens with zero attached hydrogens (tertiary/aromatic N) is 1. The molecule has 0 spiro atoms. The molecule has 0 fully saturated rings. The molecule has 100 valence electrons. The molecule has 0 atom stereocenters. The van der Waals surface area contributed by atoms with E-state index < -0.39 is 0 Å². The van der Waals surface area contributed by atoms with E-state index >= 15 is 0 Å². The van der Waals surface area contributed by atoms with Crippen LogP contribution in [0.3, 0.4) is 0 Å². The second-order valence-electron chi connectivity index (χ2n) is 4.23. The molecule has 0 saturated carbocycles. The van der Waals surface area contributed by atoms with Gasteiger partial charge in [-0.3, -0.25) is 9.59 Å². The Morgan fingerprint density at radius 1 is 1.37 bits per heavy atom. The summed E-state index contributed by atoms with van der Waals surface area (Å²) in [6.45, 7) is 0.406. The maximum absolute atomic E-state index is 11.7. The van der Waals surface area contributed by atoms with E-state index in [0.29, 0.717) is 25.1 Å². The van der Waals surface area contributed by atoms with Crippen molar-refractivity contribution in [3.05, 3.63) is 29.8 Å². The van der Waals surface area contributed by atoms with E-state index in [-0.39, 0.29) is 24.0 Å². The average Bonchev–Trinajstić information content (AvgIpc) is 2.41. The van der Waals surface area contributed by atoms with Gasteiger partial charge in [0.2, 0.25) is 5.91 Å². The lowest BCUT2D eigenvalue weighted by atomic mass is 10.1. The summed E-state index contributed by atoms with van der Waals surface area (Å²) in [5, 5.41) is 16.0. The van der Waals surface area contributed by atoms with E-state index in [9.17, 15) is 14.7 Å². The SMILES string of the molecule is O=C1CCC(C(=O)NCCc2ccccc2O)=NN1. The van der Waals surface area contributed by atoms with E-state index in [2.05, 4.69) is 15.8 Å². The summed E-state index contributed by atoms with van der Waals surface area (Å²) in [6.07, 6.45) is 1.18. The number of carbonyl (C=O) groups excluding carboxylic acids is 2. The first-order valence-corrected chi connectivity index (χ1v) is 6.07. The summed E-state index contributed by atoms with van der Waals surface area (Å²) in [4.78, 5) is 22.6. The number of phenols is 1. The van der Waals surface area contributed by atoms with E-state index in [1.807, 2.05) is 6.07 Å². The lowest BCUT2D eigenvalue weighted by Gasteiger charge is -2.12. The van der Waals surface area contributed by atoms with E-state index in [1.165, 1.54) is 0 Å². The van der Waals surface area contributed by atoms with Gasteiger partial charge >= 0.3 is 0 Å². The highest BCUT2D eigenvalue weighted by Gasteiger charge is 2.17. The normalized spacial score (nSPS) is 14.5. The number of hydrogen-bond donors (Lipinski definition) is 3. The van der Waals surface area contributed by atoms with Crippen LogP contribution in [0.15, 0.2) is 29.4 Å². The smallest absolute Gasteiger partial charge is 0.267 e. The molecule has 0 aliphatic carbocycles. The number of rotatable bonds is 4. The Hall–Kier alpha value is -2.37. The molecule has 0 bridgehead atoms. The second kappa shape index (κ2) is 5.99. The van der Waals surface area contributed by atoms with Crippen LogP contribution in [0.2, 0.25) is 0 Å². The van der Waals surface area contributed by atoms with Gasteiger partial charge in [-0.05, 0) is 18.1 Å². The van der Waals surface area contributed by atoms with Crippen molar-refractivity contribution in [2.24, 2.45) is 5.10 Å². The zero-order valence-electron chi connectivity index (χ0n) is 10.3. The molecule has 6 nitrogen and oxygen atoms in total. The van der Waals surface area contributed by atoms with Gasteiger partial charge in [0.25, 0.3) is 5.91 Å². The molecule has 3 N–H and O–H groups in total. The first-order chi connectivity index (χ1) is 9.16. The Balaban J connectivity index is 1.81. The second-order valence-corrected chi connectivity index (χ2v) is 4.23. The minimum Gasteiger partial charge on any atom is -0.508 e. The average molecular weight is 261 g/mol. The Bertz CT molecular complexity index is 526. The van der Waals surface area contributed by atoms with E-state index in [4.69, 9.17) is 0 Å². The quantitative estimate of drug-likeness (QED) is 0.729. The number of aromatic hydroxyl groups is 1. The number of phenolic OH excluding ortho intramolecular Hbond substituents is 1. The molecular weight excluding hydrogens is 246 g/mol. The maximum atomic E-state index is 11.7. The molecule has 2 rings (SSSR count). The molecule has 19 heavy (non-hydrogen) atoms. The van der Waals surface area contributed by atoms with Gasteiger partial charge < -0.3 is 10.4 Å². The highest BCUT2D eigenvalue weighted by atomic mass is 16.3. The minimum absolute atomic E-state index is 0.175. The first-order valence-electron chi connectivity index (χ1n) is 6.07. The third-order valence-electron chi connectivity index (χ3n) is 2.84. The third-order valence-corrected chi connectivity index (χ3v) is 2.84. The molecule has 0 saturated heterocycles. The number of benzene rings is 1. The maximum Gasteiger partial charge on any atom is 0.267 e. The summed E-state index contributed by atoms with van der Waals surface area (Å²) in [6, 6.07) is 6.99. The first kappa shape index (κ1) is 13.1. The molecular formula is C13H15N3O3. The summed E-state index contributed by atoms with van der Waals surface area (Å²) in [5.74, 6) is -0.236. The van der Waals surface area contributed by atoms with Crippen molar-refractivity contribution in [3.8, 4) is 5.75 Å². The van der Waals surface area contributed by atoms with Crippen LogP contribution in [-0.4, -0.2) is 29.2 Å². The van der Waals surface area contributed by atoms with Gasteiger partial charge in [0.15, 0.2) is 0 Å². The third kappa shape index (κ3) is 3.54. The van der Waals surface area contributed by atoms with Gasteiger partial charge in [0, 0.05) is 19.4 Å². The van der Waals surface area contributed by atoms with E-state index in [1.54, 1.807) is 18.2 Å². The Morgan fingerprint density at radius 3 is 2.84 bits per heavy atom. The Kier molecular flexibility index (Phi) is 4.12. The van der Waals surface area contributed by atoms with Crippen LogP contribution in [0.5, 0.6) is 5.75 Å². The van der Waals surface area contributed by atoms with Gasteiger partial charge in [0.05, 0.1) is 0 Å². The fourth-order valence-electron chi connectivity index (χ4n) is 1.77. The highest BCUT2D eigenvalue weighted by molar-refractivity contribution is 6.39. The molecule has 2 amide bonds. The van der Waals surface area contributed by atoms with Crippen molar-refractivity contribution in [2.75, 3.05) is 6.54 Å². The lowest BCUT2D eigenvalue weighted by molar-refractivity contribution is -0.121. The minimum atomic E-state index is -0.282. The van der Waals surface area contributed by atoms with Crippen LogP contribution in [0.1, 0.15) is 18.4 Å². The van der Waals surface area contributed by atoms with Crippen LogP contribution in [-0.2, 0) is 16.0 Å². The lowest BCUT2D eigenvalue weighted by Crippen LogP contribution is -2.37. The summed E-state index contributed by atoms with van der Waals surface area (Å²) in [5.41, 5.74) is 3.39. The number of nitrogens with one attached hydrogen (secondary N) is 2. The van der Waals surface area contributed by atoms with Crippen molar-refractivity contribution < 1.29 is 14.7 Å². The van der Waals surface area contributed by atoms with Gasteiger partial charge in [0.1, 0.15) is 11.5 Å². The molecule has 1 heterocycles. The predicted octanol–water partition coefficient (Wildman–Crippen LogP) is 0.317. The number of hydrogen-bond acceptors (Lipinski definition) is 4. The summed E-state index contributed by atoms with van der Waals surface area (Å²) in [7, 11) is 0. The molecule has 0 unspecified atom stereocenters. The van der Waals surface area contributed by atoms with Crippen LogP contribution in [0.25, 0.3) is 0 Å². The number of para-hydroxylation sites is 1. The predicted molar refractivity (Wildman–Crippen MR) is 69.6 cm³/mol. The topological polar surface area (TPSA) is 90.8 Å². The number of carbonyl (C=O) groups is 2. The van der Waals surface area contributed by atoms with Crippen LogP contribution in [0, 0.1) is 0 Å². The molecule has 1 aliphatic heterocycles. The van der Waals surface area contributed by atoms with Gasteiger partial charge in [-0.25, -0.2) is 5.43 Å². The Morgan fingerprint density at radius 2 is 2.16 bits per heavy atom. The van der Waals surface area contributed by atoms with Crippen LogP contribution >= 0.6 is 0 Å². The molecule has 1 aliphatic rings. The molecule has 1 aromatic carbocycles. The van der Waals surface area contributed by atoms with Crippen molar-refractivity contribution in [3.63, 3.8) is 0 Å². The number of hydrazone groups is 1. The van der Waals surface area contributed by atoms with Gasteiger partial charge in [-0.2, -0.15) is 5.10 Å². The Labute approximate surface area is 110 Å². The van der Waals surface area contributed by atoms with Gasteiger partial charge in [-0.1, -0.05) is 18.2 Å². The molecule has 1 aromatic rings. The van der Waals surface area contributed by atoms with Crippen molar-refractivity contribution in [2.45, 2.75) is 19.3 Å². The van der Waals surface area contributed by atoms with Crippen molar-refractivity contribution in [1.29, 1.82) is 0 Å². The number of amides is 2. The largest absolute Gasteiger partial charge is 0.508 e. The van der Waals surface area contributed by atoms with Gasteiger partial charge in [-0.15, -0.1) is 0 Å². The summed E-state index contributed by atoms with van der Waals surface area (Å²) < 4.78 is 0. The van der Waals surface area contributed by atoms with Crippen LogP contribution < -0.4 is 10.7 Å². The molecule has 0 aromatic heterocycles. The standard InChI is InChI=1S/C13H15N3O3/c17-11-4-2-1-3-9(11)7-8-14-13(19)10-5-6-12(18)16-15-10/h1-4,17H,5-8H2,(H,14,19)(H,16,18). The van der Waals surface area contributed by atoms with Crippen molar-refractivity contribution in [1.82, 2.24) is 10.7 Å². The fraction of sp³-hybridized carbons (Fsp3) is 0.308. The monoisotopic (exact) mass is 261 g/mol. The van der Waals surface area contributed by atoms with E-state index in [0.717, 1.165) is 5.56 Å². The molecule has 6 heteroatoms. The highest BCUT2D eigenvalue weighted by Crippen LogP contribution is 2.15. The zero-order valence-corrected chi connectivity index (χ0v) is 10.3. The molecule has 0 radical (unpaired) electrons. The van der Waals surface area contributed by atoms with Crippen molar-refractivity contribution >= 4 is 17.5 Å². The van der Waals surface area contributed by atoms with Crippen LogP contribution in [0.4, 0.5) is 0 Å². The fourth-order valence-corrected chi connectivity index (χ4v) is 1.77. The summed E-state index contributed by atoms with van der Waals surface area (Å²) >= 11 is 0. The zero-order chi connectivity index (χ0) is 13.7.